The van der Waals surface area contributed by atoms with Gasteiger partial charge in [-0.05, 0) is 12.8 Å². The van der Waals surface area contributed by atoms with E-state index in [1.807, 2.05) is 0 Å². The van der Waals surface area contributed by atoms with Crippen LogP contribution in [0.5, 0.6) is 0 Å². The minimum Gasteiger partial charge on any atom is -0.347 e. The normalized spacial score (nSPS) is 19.9. The Balaban J connectivity index is 2.14. The molecular formula is C10H14F2NO. The number of hydrogen-bond donors (Lipinski definition) is 1. The van der Waals surface area contributed by atoms with E-state index in [1.165, 1.54) is 6.54 Å². The second-order valence-corrected chi connectivity index (χ2v) is 3.89. The molecule has 0 atom stereocenters. The topological polar surface area (TPSA) is 29.1 Å². The minimum absolute atomic E-state index is 0.159. The molecule has 0 aromatic carbocycles. The Kier molecular flexibility index (Phi) is 3.24. The van der Waals surface area contributed by atoms with Crippen molar-refractivity contribution >= 4 is 5.91 Å². The summed E-state index contributed by atoms with van der Waals surface area (Å²) in [5.41, 5.74) is 0.734. The van der Waals surface area contributed by atoms with Crippen LogP contribution in [0.3, 0.4) is 0 Å². The highest BCUT2D eigenvalue weighted by Gasteiger charge is 2.45. The zero-order chi connectivity index (χ0) is 10.8. The number of hydrogen-bond acceptors (Lipinski definition) is 1. The van der Waals surface area contributed by atoms with Gasteiger partial charge in [0, 0.05) is 19.3 Å². The van der Waals surface area contributed by atoms with Crippen LogP contribution in [-0.4, -0.2) is 11.8 Å². The van der Waals surface area contributed by atoms with Gasteiger partial charge < -0.3 is 5.32 Å². The summed E-state index contributed by atoms with van der Waals surface area (Å²) >= 11 is 0. The Labute approximate surface area is 82.4 Å². The van der Waals surface area contributed by atoms with E-state index in [2.05, 4.69) is 11.9 Å². The Hall–Kier alpha value is -0.930. The van der Waals surface area contributed by atoms with E-state index >= 15 is 0 Å². The zero-order valence-corrected chi connectivity index (χ0v) is 8.15. The van der Waals surface area contributed by atoms with Crippen LogP contribution in [0.15, 0.2) is 12.2 Å². The SMILES string of the molecule is C=C(C)[CH]NC(=O)CC1CC(F)(F)C1. The van der Waals surface area contributed by atoms with Crippen molar-refractivity contribution in [1.82, 2.24) is 5.32 Å². The van der Waals surface area contributed by atoms with Crippen LogP contribution in [0.25, 0.3) is 0 Å². The number of nitrogens with one attached hydrogen (secondary N) is 1. The fraction of sp³-hybridized carbons (Fsp3) is 0.600. The van der Waals surface area contributed by atoms with E-state index in [1.54, 1.807) is 6.92 Å². The maximum absolute atomic E-state index is 12.4. The van der Waals surface area contributed by atoms with Gasteiger partial charge in [-0.3, -0.25) is 4.79 Å². The second kappa shape index (κ2) is 4.07. The molecule has 4 heteroatoms. The van der Waals surface area contributed by atoms with Gasteiger partial charge in [0.05, 0.1) is 6.54 Å². The summed E-state index contributed by atoms with van der Waals surface area (Å²) in [6.45, 7) is 6.81. The first kappa shape index (κ1) is 11.1. The second-order valence-electron chi connectivity index (χ2n) is 3.89. The molecule has 0 bridgehead atoms. The molecule has 0 unspecified atom stereocenters. The molecular weight excluding hydrogens is 188 g/mol. The number of carbonyl (C=O) groups excluding carboxylic acids is 1. The van der Waals surface area contributed by atoms with Crippen molar-refractivity contribution < 1.29 is 13.6 Å². The van der Waals surface area contributed by atoms with Gasteiger partial charge in [-0.1, -0.05) is 12.2 Å². The Morgan fingerprint density at radius 3 is 2.64 bits per heavy atom. The van der Waals surface area contributed by atoms with E-state index < -0.39 is 5.92 Å². The third-order valence-electron chi connectivity index (χ3n) is 2.13. The molecule has 1 aliphatic rings. The van der Waals surface area contributed by atoms with Crippen LogP contribution in [0.4, 0.5) is 8.78 Å². The summed E-state index contributed by atoms with van der Waals surface area (Å²) in [7, 11) is 0. The van der Waals surface area contributed by atoms with E-state index in [-0.39, 0.29) is 31.1 Å². The molecule has 0 aromatic heterocycles. The fourth-order valence-corrected chi connectivity index (χ4v) is 1.45. The summed E-state index contributed by atoms with van der Waals surface area (Å²) in [5.74, 6) is -2.92. The molecule has 0 aliphatic heterocycles. The highest BCUT2D eigenvalue weighted by atomic mass is 19.3. The van der Waals surface area contributed by atoms with Crippen LogP contribution in [-0.2, 0) is 4.79 Å². The van der Waals surface area contributed by atoms with Gasteiger partial charge in [-0.25, -0.2) is 8.78 Å². The van der Waals surface area contributed by atoms with Crippen LogP contribution < -0.4 is 5.32 Å². The van der Waals surface area contributed by atoms with Crippen molar-refractivity contribution in [3.63, 3.8) is 0 Å². The lowest BCUT2D eigenvalue weighted by Gasteiger charge is -2.34. The average Bonchev–Trinajstić information content (AvgIpc) is 1.97. The summed E-state index contributed by atoms with van der Waals surface area (Å²) in [6.07, 6.45) is -0.139. The third kappa shape index (κ3) is 3.44. The molecule has 0 aromatic rings. The number of amides is 1. The van der Waals surface area contributed by atoms with E-state index in [0.717, 1.165) is 5.57 Å². The van der Waals surface area contributed by atoms with Crippen LogP contribution >= 0.6 is 0 Å². The summed E-state index contributed by atoms with van der Waals surface area (Å²) in [6, 6.07) is 0. The minimum atomic E-state index is -2.54. The predicted octanol–water partition coefficient (Wildman–Crippen LogP) is 2.28. The molecule has 1 fully saturated rings. The molecule has 0 heterocycles. The quantitative estimate of drug-likeness (QED) is 0.744. The number of rotatable bonds is 4. The highest BCUT2D eigenvalue weighted by Crippen LogP contribution is 2.43. The average molecular weight is 202 g/mol. The van der Waals surface area contributed by atoms with Crippen molar-refractivity contribution in [2.75, 3.05) is 0 Å². The van der Waals surface area contributed by atoms with Crippen molar-refractivity contribution in [3.8, 4) is 0 Å². The molecule has 14 heavy (non-hydrogen) atoms. The molecule has 0 saturated heterocycles. The van der Waals surface area contributed by atoms with E-state index in [4.69, 9.17) is 0 Å². The summed E-state index contributed by atoms with van der Waals surface area (Å²) in [4.78, 5) is 11.1. The van der Waals surface area contributed by atoms with Crippen molar-refractivity contribution in [3.05, 3.63) is 18.7 Å². The lowest BCUT2D eigenvalue weighted by Crippen LogP contribution is -2.38. The molecule has 1 saturated carbocycles. The summed E-state index contributed by atoms with van der Waals surface area (Å²) in [5, 5.41) is 2.50. The molecule has 2 nitrogen and oxygen atoms in total. The Morgan fingerprint density at radius 2 is 2.21 bits per heavy atom. The molecule has 0 spiro atoms. The number of carbonyl (C=O) groups is 1. The predicted molar refractivity (Wildman–Crippen MR) is 49.5 cm³/mol. The first-order chi connectivity index (χ1) is 6.39. The Morgan fingerprint density at radius 1 is 1.64 bits per heavy atom. The lowest BCUT2D eigenvalue weighted by molar-refractivity contribution is -0.133. The standard InChI is InChI=1S/C10H14F2NO/c1-7(2)6-13-9(14)3-8-4-10(11,12)5-8/h6,8H,1,3-5H2,2H3,(H,13,14). The molecule has 1 rings (SSSR count). The molecule has 1 amide bonds. The lowest BCUT2D eigenvalue weighted by atomic mass is 9.79. The van der Waals surface area contributed by atoms with Gasteiger partial charge in [-0.15, -0.1) is 0 Å². The van der Waals surface area contributed by atoms with Crippen molar-refractivity contribution in [2.45, 2.75) is 32.1 Å². The monoisotopic (exact) mass is 202 g/mol. The van der Waals surface area contributed by atoms with Gasteiger partial charge in [0.1, 0.15) is 0 Å². The van der Waals surface area contributed by atoms with Crippen LogP contribution in [0, 0.1) is 12.5 Å². The molecule has 79 valence electrons. The van der Waals surface area contributed by atoms with Crippen molar-refractivity contribution in [2.24, 2.45) is 5.92 Å². The largest absolute Gasteiger partial charge is 0.347 e. The smallest absolute Gasteiger partial charge is 0.248 e. The Bertz CT molecular complexity index is 243. The van der Waals surface area contributed by atoms with Crippen LogP contribution in [0.2, 0.25) is 0 Å². The third-order valence-corrected chi connectivity index (χ3v) is 2.13. The van der Waals surface area contributed by atoms with E-state index in [9.17, 15) is 13.6 Å². The first-order valence-electron chi connectivity index (χ1n) is 4.55. The molecule has 1 radical (unpaired) electrons. The van der Waals surface area contributed by atoms with Gasteiger partial charge in [0.2, 0.25) is 11.8 Å². The first-order valence-corrected chi connectivity index (χ1v) is 4.55. The van der Waals surface area contributed by atoms with Crippen LogP contribution in [0.1, 0.15) is 26.2 Å². The number of alkyl halides is 2. The fourth-order valence-electron chi connectivity index (χ4n) is 1.45. The summed E-state index contributed by atoms with van der Waals surface area (Å²) < 4.78 is 24.8. The van der Waals surface area contributed by atoms with E-state index in [0.29, 0.717) is 0 Å². The van der Waals surface area contributed by atoms with Crippen molar-refractivity contribution in [1.29, 1.82) is 0 Å². The highest BCUT2D eigenvalue weighted by molar-refractivity contribution is 5.77. The van der Waals surface area contributed by atoms with Gasteiger partial charge in [-0.2, -0.15) is 0 Å². The van der Waals surface area contributed by atoms with Gasteiger partial charge in [0.25, 0.3) is 0 Å². The van der Waals surface area contributed by atoms with Gasteiger partial charge in [0.15, 0.2) is 0 Å². The molecule has 1 aliphatic carbocycles. The zero-order valence-electron chi connectivity index (χ0n) is 8.15. The molecule has 1 N–H and O–H groups in total. The maximum Gasteiger partial charge on any atom is 0.248 e. The van der Waals surface area contributed by atoms with Gasteiger partial charge >= 0.3 is 0 Å². The number of halogens is 2. The maximum atomic E-state index is 12.4.